The molecule has 0 radical (unpaired) electrons. The Morgan fingerprint density at radius 3 is 2.77 bits per heavy atom. The van der Waals surface area contributed by atoms with E-state index in [0.29, 0.717) is 24.0 Å². The number of anilines is 1. The molecule has 1 fully saturated rings. The molecule has 2 N–H and O–H groups in total. The van der Waals surface area contributed by atoms with E-state index in [-0.39, 0.29) is 17.9 Å². The van der Waals surface area contributed by atoms with Crippen LogP contribution in [0.2, 0.25) is 0 Å². The molecule has 6 heteroatoms. The van der Waals surface area contributed by atoms with Crippen molar-refractivity contribution in [2.75, 3.05) is 11.9 Å². The van der Waals surface area contributed by atoms with Crippen LogP contribution in [0.3, 0.4) is 0 Å². The van der Waals surface area contributed by atoms with Crippen LogP contribution in [-0.4, -0.2) is 27.4 Å². The number of hydrogen-bond acceptors (Lipinski definition) is 5. The number of aryl methyl sites for hydroxylation is 1. The number of rotatable bonds is 5. The first-order valence-corrected chi connectivity index (χ1v) is 9.41. The van der Waals surface area contributed by atoms with Gasteiger partial charge in [-0.25, -0.2) is 9.97 Å². The molecule has 2 aliphatic rings. The van der Waals surface area contributed by atoms with Gasteiger partial charge in [-0.1, -0.05) is 19.9 Å². The molecule has 6 nitrogen and oxygen atoms in total. The summed E-state index contributed by atoms with van der Waals surface area (Å²) in [5.41, 5.74) is 3.71. The van der Waals surface area contributed by atoms with Crippen molar-refractivity contribution in [2.45, 2.75) is 52.0 Å². The van der Waals surface area contributed by atoms with Crippen LogP contribution in [0.5, 0.6) is 0 Å². The van der Waals surface area contributed by atoms with Gasteiger partial charge < -0.3 is 10.6 Å². The van der Waals surface area contributed by atoms with Crippen LogP contribution in [0.15, 0.2) is 18.3 Å². The number of carbonyl (C=O) groups excluding carboxylic acids is 1. The summed E-state index contributed by atoms with van der Waals surface area (Å²) < 4.78 is 0. The van der Waals surface area contributed by atoms with Crippen molar-refractivity contribution >= 4 is 11.7 Å². The van der Waals surface area contributed by atoms with Crippen LogP contribution in [0.25, 0.3) is 0 Å². The third-order valence-corrected chi connectivity index (χ3v) is 5.15. The lowest BCUT2D eigenvalue weighted by Crippen LogP contribution is -2.34. The van der Waals surface area contributed by atoms with Crippen molar-refractivity contribution in [3.8, 4) is 0 Å². The molecular formula is C20H25N5O. The van der Waals surface area contributed by atoms with Gasteiger partial charge in [-0.15, -0.1) is 0 Å². The van der Waals surface area contributed by atoms with Crippen LogP contribution < -0.4 is 10.6 Å². The van der Waals surface area contributed by atoms with Crippen molar-refractivity contribution in [3.63, 3.8) is 0 Å². The normalized spacial score (nSPS) is 17.6. The molecule has 26 heavy (non-hydrogen) atoms. The third-order valence-electron chi connectivity index (χ3n) is 5.15. The number of fused-ring (bicyclic) bond motifs is 1. The summed E-state index contributed by atoms with van der Waals surface area (Å²) in [5.74, 6) is 2.13. The standard InChI is InChI=1S/C20H25N5O/c1-11(2)18-24-17-14(8-10-22-20(17)26)19(25-18)23-16(13-6-7-13)15-12(3)5-4-9-21-15/h4-5,9,11,13,16H,6-8,10H2,1-3H3,(H,22,26)(H,23,24,25). The van der Waals surface area contributed by atoms with Gasteiger partial charge in [0, 0.05) is 24.2 Å². The minimum absolute atomic E-state index is 0.101. The molecular weight excluding hydrogens is 326 g/mol. The van der Waals surface area contributed by atoms with E-state index in [4.69, 9.17) is 4.98 Å². The molecule has 0 saturated heterocycles. The average Bonchev–Trinajstić information content (AvgIpc) is 3.45. The fraction of sp³-hybridized carbons (Fsp3) is 0.500. The van der Waals surface area contributed by atoms with E-state index >= 15 is 0 Å². The molecule has 1 unspecified atom stereocenters. The first-order valence-electron chi connectivity index (χ1n) is 9.41. The van der Waals surface area contributed by atoms with Crippen molar-refractivity contribution in [1.82, 2.24) is 20.3 Å². The molecule has 1 aliphatic heterocycles. The third kappa shape index (κ3) is 3.16. The number of hydrogen-bond donors (Lipinski definition) is 2. The van der Waals surface area contributed by atoms with Crippen LogP contribution in [0.4, 0.5) is 5.82 Å². The lowest BCUT2D eigenvalue weighted by atomic mass is 10.0. The molecule has 0 bridgehead atoms. The molecule has 4 rings (SSSR count). The highest BCUT2D eigenvalue weighted by molar-refractivity contribution is 5.96. The summed E-state index contributed by atoms with van der Waals surface area (Å²) in [6.45, 7) is 6.82. The van der Waals surface area contributed by atoms with Crippen LogP contribution in [0.1, 0.15) is 71.8 Å². The number of amides is 1. The minimum Gasteiger partial charge on any atom is -0.361 e. The van der Waals surface area contributed by atoms with E-state index in [2.05, 4.69) is 33.6 Å². The topological polar surface area (TPSA) is 79.8 Å². The Kier molecular flexibility index (Phi) is 4.34. The first kappa shape index (κ1) is 16.9. The van der Waals surface area contributed by atoms with Crippen molar-refractivity contribution < 1.29 is 4.79 Å². The number of aromatic nitrogens is 3. The second kappa shape index (κ2) is 6.67. The molecule has 1 amide bonds. The summed E-state index contributed by atoms with van der Waals surface area (Å²) in [6.07, 6.45) is 4.99. The van der Waals surface area contributed by atoms with Gasteiger partial charge in [-0.2, -0.15) is 0 Å². The Morgan fingerprint density at radius 1 is 1.27 bits per heavy atom. The molecule has 3 heterocycles. The molecule has 1 atom stereocenters. The fourth-order valence-corrected chi connectivity index (χ4v) is 3.50. The van der Waals surface area contributed by atoms with Crippen molar-refractivity contribution in [2.24, 2.45) is 5.92 Å². The predicted octanol–water partition coefficient (Wildman–Crippen LogP) is 3.15. The Balaban J connectivity index is 1.76. The summed E-state index contributed by atoms with van der Waals surface area (Å²) in [5, 5.41) is 6.54. The number of nitrogens with one attached hydrogen (secondary N) is 2. The van der Waals surface area contributed by atoms with Crippen LogP contribution in [0, 0.1) is 12.8 Å². The molecule has 0 spiro atoms. The number of carbonyl (C=O) groups is 1. The zero-order valence-electron chi connectivity index (χ0n) is 15.5. The SMILES string of the molecule is Cc1cccnc1C(Nc1nc(C(C)C)nc2c1CCNC2=O)C1CC1. The maximum Gasteiger partial charge on any atom is 0.270 e. The van der Waals surface area contributed by atoms with Gasteiger partial charge in [0.25, 0.3) is 5.91 Å². The Morgan fingerprint density at radius 2 is 2.08 bits per heavy atom. The van der Waals surface area contributed by atoms with E-state index in [9.17, 15) is 4.79 Å². The second-order valence-electron chi connectivity index (χ2n) is 7.58. The van der Waals surface area contributed by atoms with Crippen molar-refractivity contribution in [1.29, 1.82) is 0 Å². The van der Waals surface area contributed by atoms with Crippen LogP contribution in [-0.2, 0) is 6.42 Å². The predicted molar refractivity (Wildman–Crippen MR) is 100 cm³/mol. The molecule has 1 aliphatic carbocycles. The second-order valence-corrected chi connectivity index (χ2v) is 7.58. The highest BCUT2D eigenvalue weighted by Gasteiger charge is 2.35. The van der Waals surface area contributed by atoms with Gasteiger partial charge in [0.05, 0.1) is 11.7 Å². The monoisotopic (exact) mass is 351 g/mol. The highest BCUT2D eigenvalue weighted by Crippen LogP contribution is 2.43. The molecule has 2 aromatic rings. The Labute approximate surface area is 153 Å². The minimum atomic E-state index is -0.101. The molecule has 0 aromatic carbocycles. The Bertz CT molecular complexity index is 844. The average molecular weight is 351 g/mol. The molecule has 136 valence electrons. The van der Waals surface area contributed by atoms with Gasteiger partial charge in [-0.3, -0.25) is 9.78 Å². The maximum atomic E-state index is 12.3. The lowest BCUT2D eigenvalue weighted by molar-refractivity contribution is 0.0940. The van der Waals surface area contributed by atoms with E-state index in [1.54, 1.807) is 0 Å². The summed E-state index contributed by atoms with van der Waals surface area (Å²) >= 11 is 0. The van der Waals surface area contributed by atoms with Gasteiger partial charge >= 0.3 is 0 Å². The summed E-state index contributed by atoms with van der Waals surface area (Å²) in [4.78, 5) is 26.3. The smallest absolute Gasteiger partial charge is 0.270 e. The van der Waals surface area contributed by atoms with Gasteiger partial charge in [0.2, 0.25) is 0 Å². The van der Waals surface area contributed by atoms with Crippen LogP contribution >= 0.6 is 0 Å². The van der Waals surface area contributed by atoms with Gasteiger partial charge in [0.15, 0.2) is 0 Å². The lowest BCUT2D eigenvalue weighted by Gasteiger charge is -2.25. The highest BCUT2D eigenvalue weighted by atomic mass is 16.1. The van der Waals surface area contributed by atoms with E-state index in [1.165, 1.54) is 18.4 Å². The van der Waals surface area contributed by atoms with Crippen molar-refractivity contribution in [3.05, 3.63) is 46.7 Å². The number of pyridine rings is 1. The largest absolute Gasteiger partial charge is 0.361 e. The zero-order chi connectivity index (χ0) is 18.3. The van der Waals surface area contributed by atoms with E-state index < -0.39 is 0 Å². The molecule has 2 aromatic heterocycles. The summed E-state index contributed by atoms with van der Waals surface area (Å²) in [6, 6.07) is 4.19. The quantitative estimate of drug-likeness (QED) is 0.865. The molecule has 1 saturated carbocycles. The first-order chi connectivity index (χ1) is 12.5. The summed E-state index contributed by atoms with van der Waals surface area (Å²) in [7, 11) is 0. The fourth-order valence-electron chi connectivity index (χ4n) is 3.50. The van der Waals surface area contributed by atoms with Gasteiger partial charge in [0.1, 0.15) is 17.3 Å². The zero-order valence-corrected chi connectivity index (χ0v) is 15.5. The van der Waals surface area contributed by atoms with E-state index in [1.807, 2.05) is 26.1 Å². The van der Waals surface area contributed by atoms with E-state index in [0.717, 1.165) is 23.5 Å². The maximum absolute atomic E-state index is 12.3. The Hall–Kier alpha value is -2.50. The van der Waals surface area contributed by atoms with Gasteiger partial charge in [-0.05, 0) is 43.7 Å². The number of nitrogens with zero attached hydrogens (tertiary/aromatic N) is 3.